The molecule has 0 fully saturated rings. The van der Waals surface area contributed by atoms with E-state index in [1.807, 2.05) is 0 Å². The van der Waals surface area contributed by atoms with Gasteiger partial charge in [-0.15, -0.1) is 0 Å². The van der Waals surface area contributed by atoms with Crippen LogP contribution in [0.5, 0.6) is 0 Å². The molecule has 0 atom stereocenters. The van der Waals surface area contributed by atoms with E-state index in [2.05, 4.69) is 17.4 Å². The zero-order chi connectivity index (χ0) is 6.57. The summed E-state index contributed by atoms with van der Waals surface area (Å²) in [6.45, 7) is 3.20. The van der Waals surface area contributed by atoms with Crippen molar-refractivity contribution in [1.82, 2.24) is 10.9 Å². The van der Waals surface area contributed by atoms with E-state index < -0.39 is 5.91 Å². The molecule has 0 aliphatic carbocycles. The standard InChI is InChI=1S/C4H9N3O/c1-3(5)4(8)7-6-2/h6H,1,5H2,2H3,(H,7,8). The minimum absolute atomic E-state index is 0.000602. The van der Waals surface area contributed by atoms with Crippen molar-refractivity contribution in [2.24, 2.45) is 5.73 Å². The first-order valence-corrected chi connectivity index (χ1v) is 2.10. The van der Waals surface area contributed by atoms with Crippen LogP contribution in [-0.4, -0.2) is 13.0 Å². The third-order valence-corrected chi connectivity index (χ3v) is 0.530. The van der Waals surface area contributed by atoms with E-state index in [9.17, 15) is 4.79 Å². The molecule has 0 heterocycles. The summed E-state index contributed by atoms with van der Waals surface area (Å²) >= 11 is 0. The Morgan fingerprint density at radius 3 is 2.38 bits per heavy atom. The highest BCUT2D eigenvalue weighted by molar-refractivity contribution is 5.91. The van der Waals surface area contributed by atoms with E-state index in [1.165, 1.54) is 0 Å². The van der Waals surface area contributed by atoms with Gasteiger partial charge in [-0.25, -0.2) is 5.43 Å². The molecule has 0 bridgehead atoms. The van der Waals surface area contributed by atoms with Crippen LogP contribution >= 0.6 is 0 Å². The van der Waals surface area contributed by atoms with Gasteiger partial charge >= 0.3 is 0 Å². The molecule has 0 aliphatic heterocycles. The second-order valence-corrected chi connectivity index (χ2v) is 1.23. The predicted octanol–water partition coefficient (Wildman–Crippen LogP) is -1.29. The summed E-state index contributed by atoms with van der Waals surface area (Å²) in [5, 5.41) is 0. The van der Waals surface area contributed by atoms with E-state index in [-0.39, 0.29) is 5.70 Å². The van der Waals surface area contributed by atoms with Crippen LogP contribution in [0.2, 0.25) is 0 Å². The Labute approximate surface area is 47.7 Å². The summed E-state index contributed by atoms with van der Waals surface area (Å²) in [6, 6.07) is 0. The summed E-state index contributed by atoms with van der Waals surface area (Å²) in [5.74, 6) is -0.396. The van der Waals surface area contributed by atoms with Crippen LogP contribution < -0.4 is 16.6 Å². The molecule has 1 amide bonds. The lowest BCUT2D eigenvalue weighted by Crippen LogP contribution is -2.36. The van der Waals surface area contributed by atoms with Crippen LogP contribution in [0.3, 0.4) is 0 Å². The Morgan fingerprint density at radius 1 is 1.75 bits per heavy atom. The molecule has 0 aromatic rings. The number of hydrogen-bond acceptors (Lipinski definition) is 3. The molecule has 8 heavy (non-hydrogen) atoms. The maximum absolute atomic E-state index is 10.3. The highest BCUT2D eigenvalue weighted by Crippen LogP contribution is 1.70. The lowest BCUT2D eigenvalue weighted by atomic mass is 10.5. The normalized spacial score (nSPS) is 8.12. The van der Waals surface area contributed by atoms with E-state index in [0.717, 1.165) is 0 Å². The Kier molecular flexibility index (Phi) is 2.64. The van der Waals surface area contributed by atoms with Crippen LogP contribution in [0, 0.1) is 0 Å². The van der Waals surface area contributed by atoms with Crippen molar-refractivity contribution in [2.45, 2.75) is 0 Å². The SMILES string of the molecule is C=C(N)C(=O)NNC. The van der Waals surface area contributed by atoms with Gasteiger partial charge in [-0.05, 0) is 0 Å². The van der Waals surface area contributed by atoms with Gasteiger partial charge in [0.25, 0.3) is 5.91 Å². The van der Waals surface area contributed by atoms with Gasteiger partial charge in [-0.1, -0.05) is 6.58 Å². The summed E-state index contributed by atoms with van der Waals surface area (Å²) in [7, 11) is 1.57. The van der Waals surface area contributed by atoms with E-state index in [0.29, 0.717) is 0 Å². The molecular formula is C4H9N3O. The first kappa shape index (κ1) is 6.97. The Morgan fingerprint density at radius 2 is 2.25 bits per heavy atom. The number of nitrogens with one attached hydrogen (secondary N) is 2. The lowest BCUT2D eigenvalue weighted by molar-refractivity contribution is -0.118. The van der Waals surface area contributed by atoms with Gasteiger partial charge in [-0.2, -0.15) is 0 Å². The van der Waals surface area contributed by atoms with Crippen molar-refractivity contribution in [3.8, 4) is 0 Å². The Bertz CT molecular complexity index is 110. The van der Waals surface area contributed by atoms with Gasteiger partial charge < -0.3 is 5.73 Å². The van der Waals surface area contributed by atoms with Crippen LogP contribution in [0.4, 0.5) is 0 Å². The fourth-order valence-corrected chi connectivity index (χ4v) is 0.194. The minimum Gasteiger partial charge on any atom is -0.395 e. The molecule has 0 radical (unpaired) electrons. The van der Waals surface area contributed by atoms with Gasteiger partial charge in [0.05, 0.1) is 5.70 Å². The second-order valence-electron chi connectivity index (χ2n) is 1.23. The van der Waals surface area contributed by atoms with E-state index >= 15 is 0 Å². The molecule has 4 nitrogen and oxygen atoms in total. The third-order valence-electron chi connectivity index (χ3n) is 0.530. The third kappa shape index (κ3) is 2.20. The van der Waals surface area contributed by atoms with E-state index in [4.69, 9.17) is 5.73 Å². The molecule has 4 N–H and O–H groups in total. The fourth-order valence-electron chi connectivity index (χ4n) is 0.194. The number of hydrazine groups is 1. The van der Waals surface area contributed by atoms with Gasteiger partial charge in [0.15, 0.2) is 0 Å². The predicted molar refractivity (Wildman–Crippen MR) is 30.5 cm³/mol. The molecule has 46 valence electrons. The number of amides is 1. The summed E-state index contributed by atoms with van der Waals surface area (Å²) in [4.78, 5) is 10.3. The number of hydrogen-bond donors (Lipinski definition) is 3. The summed E-state index contributed by atoms with van der Waals surface area (Å²) in [6.07, 6.45) is 0. The highest BCUT2D eigenvalue weighted by atomic mass is 16.2. The molecule has 0 unspecified atom stereocenters. The van der Waals surface area contributed by atoms with Gasteiger partial charge in [0, 0.05) is 7.05 Å². The molecule has 0 aromatic carbocycles. The van der Waals surface area contributed by atoms with Crippen LogP contribution in [-0.2, 0) is 4.79 Å². The number of rotatable bonds is 2. The quantitative estimate of drug-likeness (QED) is 0.310. The van der Waals surface area contributed by atoms with Crippen molar-refractivity contribution < 1.29 is 4.79 Å². The summed E-state index contributed by atoms with van der Waals surface area (Å²) in [5.41, 5.74) is 9.61. The highest BCUT2D eigenvalue weighted by Gasteiger charge is 1.96. The topological polar surface area (TPSA) is 67.2 Å². The zero-order valence-corrected chi connectivity index (χ0v) is 4.69. The second kappa shape index (κ2) is 3.04. The zero-order valence-electron chi connectivity index (χ0n) is 4.69. The minimum atomic E-state index is -0.396. The number of nitrogens with two attached hydrogens (primary N) is 1. The van der Waals surface area contributed by atoms with Crippen molar-refractivity contribution in [2.75, 3.05) is 7.05 Å². The molecule has 0 aliphatic rings. The van der Waals surface area contributed by atoms with Crippen molar-refractivity contribution in [3.63, 3.8) is 0 Å². The number of carbonyl (C=O) groups excluding carboxylic acids is 1. The number of carbonyl (C=O) groups is 1. The first-order chi connectivity index (χ1) is 3.68. The van der Waals surface area contributed by atoms with Gasteiger partial charge in [-0.3, -0.25) is 10.2 Å². The molecule has 0 aromatic heterocycles. The Hall–Kier alpha value is -1.03. The van der Waals surface area contributed by atoms with Crippen molar-refractivity contribution in [1.29, 1.82) is 0 Å². The molecular weight excluding hydrogens is 106 g/mol. The fraction of sp³-hybridized carbons (Fsp3) is 0.250. The largest absolute Gasteiger partial charge is 0.395 e. The lowest BCUT2D eigenvalue weighted by Gasteiger charge is -1.98. The van der Waals surface area contributed by atoms with Gasteiger partial charge in [0.1, 0.15) is 0 Å². The Balaban J connectivity index is 3.49. The van der Waals surface area contributed by atoms with Gasteiger partial charge in [0.2, 0.25) is 0 Å². The monoisotopic (exact) mass is 115 g/mol. The summed E-state index contributed by atoms with van der Waals surface area (Å²) < 4.78 is 0. The van der Waals surface area contributed by atoms with Crippen molar-refractivity contribution >= 4 is 5.91 Å². The van der Waals surface area contributed by atoms with Crippen LogP contribution in [0.15, 0.2) is 12.3 Å². The molecule has 0 rings (SSSR count). The van der Waals surface area contributed by atoms with Crippen molar-refractivity contribution in [3.05, 3.63) is 12.3 Å². The molecule has 0 saturated carbocycles. The molecule has 0 spiro atoms. The average molecular weight is 115 g/mol. The molecule has 0 saturated heterocycles. The molecule has 4 heteroatoms. The maximum Gasteiger partial charge on any atom is 0.280 e. The first-order valence-electron chi connectivity index (χ1n) is 2.10. The van der Waals surface area contributed by atoms with E-state index in [1.54, 1.807) is 7.05 Å². The average Bonchev–Trinajstić information content (AvgIpc) is 1.67. The van der Waals surface area contributed by atoms with Crippen LogP contribution in [0.1, 0.15) is 0 Å². The smallest absolute Gasteiger partial charge is 0.280 e. The van der Waals surface area contributed by atoms with Crippen LogP contribution in [0.25, 0.3) is 0 Å². The maximum atomic E-state index is 10.3.